The molecule has 4 bridgehead atoms. The van der Waals surface area contributed by atoms with E-state index >= 15 is 0 Å². The summed E-state index contributed by atoms with van der Waals surface area (Å²) in [6.07, 6.45) is 6.82. The Kier molecular flexibility index (Phi) is 5.68. The van der Waals surface area contributed by atoms with E-state index in [1.807, 2.05) is 13.8 Å². The molecule has 5 aliphatic rings. The van der Waals surface area contributed by atoms with Crippen LogP contribution in [0, 0.1) is 11.8 Å². The Labute approximate surface area is 192 Å². The lowest BCUT2D eigenvalue weighted by Crippen LogP contribution is -2.65. The average Bonchev–Trinajstić information content (AvgIpc) is 3.25. The van der Waals surface area contributed by atoms with Crippen LogP contribution in [0.5, 0.6) is 5.88 Å². The van der Waals surface area contributed by atoms with Crippen molar-refractivity contribution >= 4 is 23.6 Å². The van der Waals surface area contributed by atoms with Crippen LogP contribution in [0.1, 0.15) is 75.8 Å². The molecule has 2 atom stereocenters. The van der Waals surface area contributed by atoms with Gasteiger partial charge in [0.1, 0.15) is 11.5 Å². The van der Waals surface area contributed by atoms with E-state index in [1.54, 1.807) is 4.90 Å². The van der Waals surface area contributed by atoms with Crippen LogP contribution in [0.3, 0.4) is 0 Å². The molecule has 1 saturated heterocycles. The SMILES string of the molecule is CC(C)Sc1c(OCCN2CCCC2=O)noc1C(=O)NC12CC3CC(CC(O)(C3)C1)C2. The van der Waals surface area contributed by atoms with Gasteiger partial charge in [-0.3, -0.25) is 9.59 Å². The second kappa shape index (κ2) is 8.24. The van der Waals surface area contributed by atoms with E-state index in [2.05, 4.69) is 10.5 Å². The lowest BCUT2D eigenvalue weighted by molar-refractivity contribution is -0.139. The first kappa shape index (κ1) is 22.1. The van der Waals surface area contributed by atoms with Crippen molar-refractivity contribution in [3.05, 3.63) is 5.76 Å². The van der Waals surface area contributed by atoms with Crippen molar-refractivity contribution in [2.45, 2.75) is 86.5 Å². The smallest absolute Gasteiger partial charge is 0.291 e. The molecule has 6 rings (SSSR count). The van der Waals surface area contributed by atoms with Gasteiger partial charge in [0.2, 0.25) is 11.7 Å². The Hall–Kier alpha value is -1.74. The van der Waals surface area contributed by atoms with Crippen molar-refractivity contribution in [1.82, 2.24) is 15.4 Å². The standard InChI is InChI=1S/C23H33N3O5S/c1-14(2)32-19-18(31-25-21(19)30-7-6-26-5-3-4-17(26)27)20(28)24-22-9-15-8-16(10-22)12-23(29,11-15)13-22/h14-16,29H,3-13H2,1-2H3,(H,24,28). The molecular formula is C23H33N3O5S. The molecular weight excluding hydrogens is 430 g/mol. The van der Waals surface area contributed by atoms with E-state index in [4.69, 9.17) is 9.26 Å². The average molecular weight is 464 g/mol. The molecule has 9 heteroatoms. The van der Waals surface area contributed by atoms with Gasteiger partial charge in [-0.15, -0.1) is 11.8 Å². The summed E-state index contributed by atoms with van der Waals surface area (Å²) in [5, 5.41) is 18.5. The Balaban J connectivity index is 1.29. The van der Waals surface area contributed by atoms with Crippen molar-refractivity contribution in [3.8, 4) is 5.88 Å². The zero-order chi connectivity index (χ0) is 22.5. The van der Waals surface area contributed by atoms with Crippen LogP contribution in [0.25, 0.3) is 0 Å². The highest BCUT2D eigenvalue weighted by Gasteiger charge is 2.58. The maximum atomic E-state index is 13.3. The van der Waals surface area contributed by atoms with Crippen LogP contribution in [0.4, 0.5) is 0 Å². The van der Waals surface area contributed by atoms with Gasteiger partial charge in [-0.05, 0) is 61.9 Å². The minimum atomic E-state index is -0.643. The van der Waals surface area contributed by atoms with Crippen molar-refractivity contribution < 1.29 is 24.0 Å². The Morgan fingerprint density at radius 2 is 2.09 bits per heavy atom. The number of aliphatic hydroxyl groups is 1. The van der Waals surface area contributed by atoms with E-state index in [0.29, 0.717) is 48.6 Å². The summed E-state index contributed by atoms with van der Waals surface area (Å²) < 4.78 is 11.3. The maximum absolute atomic E-state index is 13.3. The monoisotopic (exact) mass is 463 g/mol. The number of hydrogen-bond acceptors (Lipinski definition) is 7. The van der Waals surface area contributed by atoms with Gasteiger partial charge in [0, 0.05) is 23.8 Å². The van der Waals surface area contributed by atoms with Crippen molar-refractivity contribution in [3.63, 3.8) is 0 Å². The van der Waals surface area contributed by atoms with Crippen LogP contribution in [-0.2, 0) is 4.79 Å². The predicted octanol–water partition coefficient (Wildman–Crippen LogP) is 2.99. The molecule has 1 aliphatic heterocycles. The molecule has 4 aliphatic carbocycles. The van der Waals surface area contributed by atoms with E-state index in [-0.39, 0.29) is 28.4 Å². The van der Waals surface area contributed by atoms with Gasteiger partial charge in [-0.2, -0.15) is 0 Å². The third kappa shape index (κ3) is 4.25. The second-order valence-electron chi connectivity index (χ2n) is 10.6. The molecule has 2 unspecified atom stereocenters. The number of nitrogens with one attached hydrogen (secondary N) is 1. The molecule has 2 heterocycles. The maximum Gasteiger partial charge on any atom is 0.291 e. The minimum Gasteiger partial charge on any atom is -0.473 e. The summed E-state index contributed by atoms with van der Waals surface area (Å²) in [7, 11) is 0. The molecule has 2 amide bonds. The molecule has 176 valence electrons. The van der Waals surface area contributed by atoms with E-state index in [1.165, 1.54) is 11.8 Å². The molecule has 1 aromatic heterocycles. The number of carbonyl (C=O) groups is 2. The molecule has 8 nitrogen and oxygen atoms in total. The van der Waals surface area contributed by atoms with Crippen molar-refractivity contribution in [2.24, 2.45) is 11.8 Å². The lowest BCUT2D eigenvalue weighted by atomic mass is 9.51. The molecule has 2 N–H and O–H groups in total. The molecule has 4 saturated carbocycles. The van der Waals surface area contributed by atoms with Crippen molar-refractivity contribution in [1.29, 1.82) is 0 Å². The predicted molar refractivity (Wildman–Crippen MR) is 119 cm³/mol. The number of thioether (sulfide) groups is 1. The number of rotatable bonds is 8. The zero-order valence-corrected chi connectivity index (χ0v) is 19.7. The molecule has 0 radical (unpaired) electrons. The Bertz CT molecular complexity index is 886. The summed E-state index contributed by atoms with van der Waals surface area (Å²) in [6.45, 7) is 5.66. The van der Waals surface area contributed by atoms with Gasteiger partial charge in [0.25, 0.3) is 11.8 Å². The fraction of sp³-hybridized carbons (Fsp3) is 0.783. The first-order valence-corrected chi connectivity index (χ1v) is 12.7. The normalized spacial score (nSPS) is 33.4. The number of aromatic nitrogens is 1. The van der Waals surface area contributed by atoms with Gasteiger partial charge in [0.05, 0.1) is 12.1 Å². The number of likely N-dealkylation sites (tertiary alicyclic amines) is 1. The molecule has 0 aromatic carbocycles. The van der Waals surface area contributed by atoms with Crippen LogP contribution in [0.15, 0.2) is 9.42 Å². The second-order valence-corrected chi connectivity index (χ2v) is 12.2. The topological polar surface area (TPSA) is 105 Å². The third-order valence-electron chi connectivity index (χ3n) is 7.36. The Morgan fingerprint density at radius 3 is 2.72 bits per heavy atom. The summed E-state index contributed by atoms with van der Waals surface area (Å²) in [5.74, 6) is 1.32. The quantitative estimate of drug-likeness (QED) is 0.571. The van der Waals surface area contributed by atoms with Gasteiger partial charge in [0.15, 0.2) is 0 Å². The summed E-state index contributed by atoms with van der Waals surface area (Å²) >= 11 is 1.49. The summed E-state index contributed by atoms with van der Waals surface area (Å²) in [6, 6.07) is 0. The minimum absolute atomic E-state index is 0.155. The lowest BCUT2D eigenvalue weighted by Gasteiger charge is -2.60. The summed E-state index contributed by atoms with van der Waals surface area (Å²) in [5.41, 5.74) is -1.00. The first-order chi connectivity index (χ1) is 15.2. The number of nitrogens with zero attached hydrogens (tertiary/aromatic N) is 2. The van der Waals surface area contributed by atoms with Crippen LogP contribution < -0.4 is 10.1 Å². The molecule has 1 aromatic rings. The highest BCUT2D eigenvalue weighted by molar-refractivity contribution is 8.00. The molecule has 32 heavy (non-hydrogen) atoms. The first-order valence-electron chi connectivity index (χ1n) is 11.9. The van der Waals surface area contributed by atoms with Crippen molar-refractivity contribution in [2.75, 3.05) is 19.7 Å². The van der Waals surface area contributed by atoms with Gasteiger partial charge < -0.3 is 24.6 Å². The third-order valence-corrected chi connectivity index (χ3v) is 8.43. The van der Waals surface area contributed by atoms with Gasteiger partial charge in [-0.1, -0.05) is 13.8 Å². The van der Waals surface area contributed by atoms with E-state index < -0.39 is 5.60 Å². The van der Waals surface area contributed by atoms with Gasteiger partial charge >= 0.3 is 0 Å². The van der Waals surface area contributed by atoms with Crippen LogP contribution in [-0.4, -0.2) is 63.1 Å². The Morgan fingerprint density at radius 1 is 1.34 bits per heavy atom. The number of carbonyl (C=O) groups excluding carboxylic acids is 2. The number of ether oxygens (including phenoxy) is 1. The van der Waals surface area contributed by atoms with Crippen LogP contribution in [0.2, 0.25) is 0 Å². The number of hydrogen-bond donors (Lipinski definition) is 2. The fourth-order valence-electron chi connectivity index (χ4n) is 6.69. The number of amides is 2. The van der Waals surface area contributed by atoms with Gasteiger partial charge in [-0.25, -0.2) is 0 Å². The molecule has 5 fully saturated rings. The largest absolute Gasteiger partial charge is 0.473 e. The highest BCUT2D eigenvalue weighted by atomic mass is 32.2. The highest BCUT2D eigenvalue weighted by Crippen LogP contribution is 2.57. The molecule has 0 spiro atoms. The van der Waals surface area contributed by atoms with E-state index in [0.717, 1.165) is 45.1 Å². The van der Waals surface area contributed by atoms with E-state index in [9.17, 15) is 14.7 Å². The zero-order valence-electron chi connectivity index (χ0n) is 18.9. The van der Waals surface area contributed by atoms with Crippen LogP contribution >= 0.6 is 11.8 Å². The summed E-state index contributed by atoms with van der Waals surface area (Å²) in [4.78, 5) is 27.5. The fourth-order valence-corrected chi connectivity index (χ4v) is 7.60.